The summed E-state index contributed by atoms with van der Waals surface area (Å²) < 4.78 is 66.8. The number of rotatable bonds is 8. The van der Waals surface area contributed by atoms with Crippen LogP contribution < -0.4 is 15.2 Å². The first-order valence-corrected chi connectivity index (χ1v) is 14.6. The second-order valence-corrected chi connectivity index (χ2v) is 12.3. The Hall–Kier alpha value is -2.60. The zero-order valence-corrected chi connectivity index (χ0v) is 23.4. The van der Waals surface area contributed by atoms with Crippen LogP contribution in [0.1, 0.15) is 32.3 Å². The van der Waals surface area contributed by atoms with Gasteiger partial charge >= 0.3 is 0 Å². The van der Waals surface area contributed by atoms with E-state index in [9.17, 15) is 13.2 Å². The van der Waals surface area contributed by atoms with E-state index in [1.807, 2.05) is 18.6 Å². The number of fused-ring (bicyclic) bond motifs is 1. The topological polar surface area (TPSA) is 102 Å². The maximum atomic E-state index is 15.9. The number of ether oxygens (including phenoxy) is 1. The summed E-state index contributed by atoms with van der Waals surface area (Å²) in [6.07, 6.45) is 0.860. The molecule has 38 heavy (non-hydrogen) atoms. The molecule has 11 heteroatoms. The van der Waals surface area contributed by atoms with Crippen molar-refractivity contribution in [3.63, 3.8) is 0 Å². The zero-order chi connectivity index (χ0) is 27.7. The van der Waals surface area contributed by atoms with Crippen LogP contribution in [-0.4, -0.2) is 50.5 Å². The number of amides is 1. The van der Waals surface area contributed by atoms with Crippen molar-refractivity contribution in [2.24, 2.45) is 5.73 Å². The molecule has 0 aliphatic carbocycles. The van der Waals surface area contributed by atoms with Crippen LogP contribution in [-0.2, 0) is 20.7 Å². The van der Waals surface area contributed by atoms with Gasteiger partial charge in [0.25, 0.3) is 5.92 Å². The van der Waals surface area contributed by atoms with Crippen molar-refractivity contribution in [3.05, 3.63) is 70.7 Å². The summed E-state index contributed by atoms with van der Waals surface area (Å²) in [5.41, 5.74) is 5.43. The van der Waals surface area contributed by atoms with Gasteiger partial charge in [-0.2, -0.15) is 13.5 Å². The smallest absolute Gasteiger partial charge is 0.298 e. The largest absolute Gasteiger partial charge is 0.491 e. The number of alkyl halides is 2. The Labute approximate surface area is 229 Å². The number of nitrogens with two attached hydrogens (primary N) is 1. The minimum Gasteiger partial charge on any atom is -0.491 e. The van der Waals surface area contributed by atoms with Gasteiger partial charge in [0.1, 0.15) is 5.75 Å². The first-order valence-electron chi connectivity index (χ1n) is 12.3. The molecule has 0 bridgehead atoms. The second kappa shape index (κ2) is 11.3. The van der Waals surface area contributed by atoms with Crippen LogP contribution in [0, 0.1) is 0 Å². The van der Waals surface area contributed by atoms with Crippen LogP contribution in [0.3, 0.4) is 0 Å². The molecule has 1 aliphatic heterocycles. The van der Waals surface area contributed by atoms with Gasteiger partial charge in [-0.15, -0.1) is 0 Å². The molecular formula is C27H30BrF2N3O4S. The summed E-state index contributed by atoms with van der Waals surface area (Å²) in [6, 6.07) is 12.1. The van der Waals surface area contributed by atoms with E-state index in [-0.39, 0.29) is 30.1 Å². The highest BCUT2D eigenvalue weighted by atomic mass is 79.9. The van der Waals surface area contributed by atoms with E-state index in [1.165, 1.54) is 29.2 Å². The van der Waals surface area contributed by atoms with Gasteiger partial charge < -0.3 is 15.4 Å². The lowest BCUT2D eigenvalue weighted by Crippen LogP contribution is -2.57. The third-order valence-corrected chi connectivity index (χ3v) is 8.38. The number of likely N-dealkylation sites (tertiary alicyclic amines) is 1. The number of benzene rings is 3. The normalized spacial score (nSPS) is 16.1. The van der Waals surface area contributed by atoms with Crippen molar-refractivity contribution in [2.45, 2.75) is 55.7 Å². The molecule has 7 nitrogen and oxygen atoms in total. The highest BCUT2D eigenvalue weighted by Gasteiger charge is 2.50. The van der Waals surface area contributed by atoms with Crippen LogP contribution in [0.15, 0.2) is 70.0 Å². The van der Waals surface area contributed by atoms with Crippen molar-refractivity contribution in [2.75, 3.05) is 13.1 Å². The first-order chi connectivity index (χ1) is 17.9. The Kier molecular flexibility index (Phi) is 8.41. The molecule has 1 fully saturated rings. The van der Waals surface area contributed by atoms with Crippen molar-refractivity contribution >= 4 is 42.6 Å². The van der Waals surface area contributed by atoms with Gasteiger partial charge in [0.05, 0.1) is 11.0 Å². The number of hydrogen-bond donors (Lipinski definition) is 2. The lowest BCUT2D eigenvalue weighted by atomic mass is 9.99. The third-order valence-electron chi connectivity index (χ3n) is 6.43. The Morgan fingerprint density at radius 2 is 1.66 bits per heavy atom. The van der Waals surface area contributed by atoms with Crippen molar-refractivity contribution < 1.29 is 26.7 Å². The molecule has 1 amide bonds. The second-order valence-electron chi connectivity index (χ2n) is 9.68. The average molecular weight is 611 g/mol. The fraction of sp³-hybridized carbons (Fsp3) is 0.370. The van der Waals surface area contributed by atoms with Crippen molar-refractivity contribution in [3.8, 4) is 5.75 Å². The Balaban J connectivity index is 1.68. The van der Waals surface area contributed by atoms with Gasteiger partial charge in [0.2, 0.25) is 15.9 Å². The van der Waals surface area contributed by atoms with E-state index >= 15 is 8.78 Å². The molecule has 0 radical (unpaired) electrons. The predicted octanol–water partition coefficient (Wildman–Crippen LogP) is 4.78. The molecule has 204 valence electrons. The molecule has 0 spiro atoms. The number of nitrogens with one attached hydrogen (secondary N) is 1. The van der Waals surface area contributed by atoms with E-state index in [1.54, 1.807) is 24.3 Å². The molecule has 3 N–H and O–H groups in total. The van der Waals surface area contributed by atoms with Gasteiger partial charge in [-0.3, -0.25) is 4.79 Å². The maximum absolute atomic E-state index is 15.9. The van der Waals surface area contributed by atoms with Gasteiger partial charge in [-0.25, -0.2) is 8.42 Å². The van der Waals surface area contributed by atoms with Gasteiger partial charge in [0.15, 0.2) is 6.04 Å². The Bertz CT molecular complexity index is 1410. The molecule has 3 aromatic carbocycles. The van der Waals surface area contributed by atoms with E-state index in [2.05, 4.69) is 15.9 Å². The number of sulfonamides is 1. The van der Waals surface area contributed by atoms with Crippen LogP contribution in [0.25, 0.3) is 10.8 Å². The summed E-state index contributed by atoms with van der Waals surface area (Å²) in [4.78, 5) is 14.4. The summed E-state index contributed by atoms with van der Waals surface area (Å²) in [5.74, 6) is -4.20. The minimum atomic E-state index is -4.52. The fourth-order valence-electron chi connectivity index (χ4n) is 4.36. The first kappa shape index (κ1) is 28.4. The number of piperidine rings is 1. The fourth-order valence-corrected chi connectivity index (χ4v) is 5.85. The standard InChI is InChI=1S/C27H30BrF2N3O4S/c1-17(2)37-23-9-3-19-16-24(10-4-18(19)15-23)38(35,36)32-25(26(34)33-13-11-22(31)12-14-33)27(29,30)20-5-7-21(28)8-6-20/h3-10,15-17,22,25,32H,11-14,31H2,1-2H3/t25-/m0/s1. The van der Waals surface area contributed by atoms with Crippen molar-refractivity contribution in [1.82, 2.24) is 9.62 Å². The molecule has 3 aromatic rings. The summed E-state index contributed by atoms with van der Waals surface area (Å²) in [6.45, 7) is 4.13. The molecule has 4 rings (SSSR count). The van der Waals surface area contributed by atoms with Crippen LogP contribution in [0.5, 0.6) is 5.75 Å². The molecule has 1 atom stereocenters. The minimum absolute atomic E-state index is 0.0335. The number of nitrogens with zero attached hydrogens (tertiary/aromatic N) is 1. The monoisotopic (exact) mass is 609 g/mol. The number of carbonyl (C=O) groups is 1. The lowest BCUT2D eigenvalue weighted by molar-refractivity contribution is -0.145. The van der Waals surface area contributed by atoms with E-state index in [0.29, 0.717) is 28.5 Å². The van der Waals surface area contributed by atoms with E-state index < -0.39 is 33.5 Å². The Morgan fingerprint density at radius 3 is 2.29 bits per heavy atom. The molecular weight excluding hydrogens is 580 g/mol. The van der Waals surface area contributed by atoms with Crippen molar-refractivity contribution in [1.29, 1.82) is 0 Å². The van der Waals surface area contributed by atoms with E-state index in [4.69, 9.17) is 10.5 Å². The quantitative estimate of drug-likeness (QED) is 0.383. The third kappa shape index (κ3) is 6.33. The van der Waals surface area contributed by atoms with Crippen LogP contribution in [0.4, 0.5) is 8.78 Å². The summed E-state index contributed by atoms with van der Waals surface area (Å²) >= 11 is 3.21. The van der Waals surface area contributed by atoms with Gasteiger partial charge in [-0.05, 0) is 73.9 Å². The lowest BCUT2D eigenvalue weighted by Gasteiger charge is -2.35. The van der Waals surface area contributed by atoms with E-state index in [0.717, 1.165) is 17.5 Å². The molecule has 0 aromatic heterocycles. The highest BCUT2D eigenvalue weighted by Crippen LogP contribution is 2.35. The van der Waals surface area contributed by atoms with Crippen LogP contribution in [0.2, 0.25) is 0 Å². The predicted molar refractivity (Wildman–Crippen MR) is 146 cm³/mol. The summed E-state index contributed by atoms with van der Waals surface area (Å²) in [5, 5.41) is 1.30. The number of halogens is 3. The number of carbonyl (C=O) groups excluding carboxylic acids is 1. The maximum Gasteiger partial charge on any atom is 0.298 e. The van der Waals surface area contributed by atoms with Gasteiger partial charge in [-0.1, -0.05) is 40.2 Å². The summed E-state index contributed by atoms with van der Waals surface area (Å²) in [7, 11) is -4.52. The molecule has 1 saturated heterocycles. The molecule has 0 saturated carbocycles. The molecule has 0 unspecified atom stereocenters. The van der Waals surface area contributed by atoms with Crippen LogP contribution >= 0.6 is 15.9 Å². The van der Waals surface area contributed by atoms with Gasteiger partial charge in [0, 0.05) is 29.2 Å². The highest BCUT2D eigenvalue weighted by molar-refractivity contribution is 9.10. The average Bonchev–Trinajstić information content (AvgIpc) is 2.87. The molecule has 1 heterocycles. The molecule has 1 aliphatic rings. The SMILES string of the molecule is CC(C)Oc1ccc2cc(S(=O)(=O)N[C@@H](C(=O)N3CCC(N)CC3)C(F)(F)c3ccc(Br)cc3)ccc2c1. The number of hydrogen-bond acceptors (Lipinski definition) is 5. The zero-order valence-electron chi connectivity index (χ0n) is 21.0. The Morgan fingerprint density at radius 1 is 1.05 bits per heavy atom.